The molecule has 5 nitrogen and oxygen atoms in total. The molecule has 1 aromatic rings. The average Bonchev–Trinajstić information content (AvgIpc) is 2.59. The number of carboxylic acid groups (broad SMARTS) is 1. The summed E-state index contributed by atoms with van der Waals surface area (Å²) in [6, 6.07) is 7.01. The third-order valence-electron chi connectivity index (χ3n) is 4.89. The van der Waals surface area contributed by atoms with Crippen LogP contribution in [0.2, 0.25) is 0 Å². The maximum absolute atomic E-state index is 13.1. The van der Waals surface area contributed by atoms with E-state index in [0.29, 0.717) is 32.5 Å². The molecule has 1 aliphatic heterocycles. The predicted octanol–water partition coefficient (Wildman–Crippen LogP) is 2.80. The average molecular weight is 333 g/mol. The molecule has 1 aliphatic rings. The van der Waals surface area contributed by atoms with Crippen LogP contribution in [0.4, 0.5) is 0 Å². The van der Waals surface area contributed by atoms with Crippen LogP contribution in [0, 0.1) is 6.92 Å². The first-order valence-electron chi connectivity index (χ1n) is 8.69. The number of unbranched alkanes of at least 4 members (excludes halogenated alkanes) is 1. The summed E-state index contributed by atoms with van der Waals surface area (Å²) in [5.74, 6) is -1.16. The number of aliphatic carboxylic acids is 1. The number of carbonyl (C=O) groups is 2. The van der Waals surface area contributed by atoms with Crippen LogP contribution >= 0.6 is 0 Å². The first kappa shape index (κ1) is 18.5. The second-order valence-corrected chi connectivity index (χ2v) is 6.52. The van der Waals surface area contributed by atoms with Crippen molar-refractivity contribution in [2.24, 2.45) is 0 Å². The normalized spacial score (nSPS) is 17.9. The van der Waals surface area contributed by atoms with E-state index in [1.807, 2.05) is 38.1 Å². The predicted molar refractivity (Wildman–Crippen MR) is 92.0 cm³/mol. The summed E-state index contributed by atoms with van der Waals surface area (Å²) in [6.45, 7) is 5.02. The molecule has 1 aromatic carbocycles. The first-order chi connectivity index (χ1) is 11.5. The maximum atomic E-state index is 13.1. The summed E-state index contributed by atoms with van der Waals surface area (Å²) in [5, 5.41) is 12.2. The molecule has 0 saturated carbocycles. The van der Waals surface area contributed by atoms with Gasteiger partial charge in [0.15, 0.2) is 0 Å². The number of carbonyl (C=O) groups excluding carboxylic acids is 1. The number of benzene rings is 1. The van der Waals surface area contributed by atoms with Crippen molar-refractivity contribution in [3.05, 3.63) is 35.4 Å². The molecule has 0 spiro atoms. The molecule has 24 heavy (non-hydrogen) atoms. The molecule has 0 aliphatic carbocycles. The summed E-state index contributed by atoms with van der Waals surface area (Å²) < 4.78 is 5.46. The number of hydrogen-bond donors (Lipinski definition) is 2. The molecule has 2 rings (SSSR count). The summed E-state index contributed by atoms with van der Waals surface area (Å²) in [7, 11) is 0. The smallest absolute Gasteiger partial charge is 0.326 e. The molecule has 1 saturated heterocycles. The van der Waals surface area contributed by atoms with E-state index >= 15 is 0 Å². The first-order valence-corrected chi connectivity index (χ1v) is 8.69. The van der Waals surface area contributed by atoms with Gasteiger partial charge in [0, 0.05) is 13.2 Å². The van der Waals surface area contributed by atoms with Crippen molar-refractivity contribution in [2.75, 3.05) is 13.2 Å². The highest BCUT2D eigenvalue weighted by molar-refractivity contribution is 5.92. The standard InChI is InChI=1S/C19H27NO4/c1-3-4-9-16(17(21)22)20-18(23)19(10-12-24-13-11-19)15-8-6-5-7-14(15)2/h5-8,16H,3-4,9-13H2,1-2H3,(H,20,23)(H,21,22)/t16-/m0/s1. The quantitative estimate of drug-likeness (QED) is 0.804. The molecule has 0 radical (unpaired) electrons. The van der Waals surface area contributed by atoms with Gasteiger partial charge in [-0.2, -0.15) is 0 Å². The molecule has 132 valence electrons. The molecule has 1 fully saturated rings. The lowest BCUT2D eigenvalue weighted by molar-refractivity contribution is -0.144. The van der Waals surface area contributed by atoms with Crippen LogP contribution in [0.5, 0.6) is 0 Å². The number of hydrogen-bond acceptors (Lipinski definition) is 3. The second kappa shape index (κ2) is 8.29. The minimum Gasteiger partial charge on any atom is -0.480 e. The monoisotopic (exact) mass is 333 g/mol. The highest BCUT2D eigenvalue weighted by atomic mass is 16.5. The van der Waals surface area contributed by atoms with Crippen LogP contribution < -0.4 is 5.32 Å². The van der Waals surface area contributed by atoms with Crippen LogP contribution in [-0.4, -0.2) is 36.2 Å². The summed E-state index contributed by atoms with van der Waals surface area (Å²) >= 11 is 0. The van der Waals surface area contributed by atoms with Gasteiger partial charge in [-0.25, -0.2) is 4.79 Å². The Kier molecular flexibility index (Phi) is 6.37. The van der Waals surface area contributed by atoms with Gasteiger partial charge in [0.05, 0.1) is 5.41 Å². The number of rotatable bonds is 7. The third kappa shape index (κ3) is 3.96. The fraction of sp³-hybridized carbons (Fsp3) is 0.579. The van der Waals surface area contributed by atoms with E-state index < -0.39 is 17.4 Å². The van der Waals surface area contributed by atoms with Crippen molar-refractivity contribution in [3.8, 4) is 0 Å². The van der Waals surface area contributed by atoms with Gasteiger partial charge in [-0.3, -0.25) is 4.79 Å². The van der Waals surface area contributed by atoms with Crippen LogP contribution in [0.15, 0.2) is 24.3 Å². The van der Waals surface area contributed by atoms with Crippen LogP contribution in [0.3, 0.4) is 0 Å². The van der Waals surface area contributed by atoms with Crippen molar-refractivity contribution in [1.29, 1.82) is 0 Å². The SMILES string of the molecule is CCCC[C@H](NC(=O)C1(c2ccccc2C)CCOCC1)C(=O)O. The van der Waals surface area contributed by atoms with Gasteiger partial charge >= 0.3 is 5.97 Å². The maximum Gasteiger partial charge on any atom is 0.326 e. The Balaban J connectivity index is 2.29. The number of carboxylic acids is 1. The fourth-order valence-corrected chi connectivity index (χ4v) is 3.41. The van der Waals surface area contributed by atoms with E-state index in [-0.39, 0.29) is 5.91 Å². The van der Waals surface area contributed by atoms with E-state index in [1.54, 1.807) is 0 Å². The Hall–Kier alpha value is -1.88. The lowest BCUT2D eigenvalue weighted by Gasteiger charge is -2.38. The Bertz CT molecular complexity index is 578. The largest absolute Gasteiger partial charge is 0.480 e. The molecule has 0 unspecified atom stereocenters. The van der Waals surface area contributed by atoms with Gasteiger partial charge in [-0.1, -0.05) is 44.0 Å². The minimum absolute atomic E-state index is 0.191. The molecule has 1 atom stereocenters. The number of amides is 1. The van der Waals surface area contributed by atoms with Crippen molar-refractivity contribution in [1.82, 2.24) is 5.32 Å². The third-order valence-corrected chi connectivity index (χ3v) is 4.89. The Labute approximate surface area is 143 Å². The van der Waals surface area contributed by atoms with E-state index in [0.717, 1.165) is 24.0 Å². The van der Waals surface area contributed by atoms with Crippen molar-refractivity contribution >= 4 is 11.9 Å². The topological polar surface area (TPSA) is 75.6 Å². The van der Waals surface area contributed by atoms with E-state index in [2.05, 4.69) is 5.32 Å². The summed E-state index contributed by atoms with van der Waals surface area (Å²) in [6.07, 6.45) is 3.28. The van der Waals surface area contributed by atoms with Gasteiger partial charge < -0.3 is 15.2 Å². The Morgan fingerprint density at radius 1 is 1.29 bits per heavy atom. The molecule has 0 aromatic heterocycles. The van der Waals surface area contributed by atoms with Gasteiger partial charge in [0.2, 0.25) is 5.91 Å². The molecule has 1 heterocycles. The van der Waals surface area contributed by atoms with Crippen LogP contribution in [-0.2, 0) is 19.7 Å². The number of ether oxygens (including phenoxy) is 1. The fourth-order valence-electron chi connectivity index (χ4n) is 3.41. The van der Waals surface area contributed by atoms with Crippen LogP contribution in [0.25, 0.3) is 0 Å². The van der Waals surface area contributed by atoms with E-state index in [4.69, 9.17) is 4.74 Å². The van der Waals surface area contributed by atoms with Crippen molar-refractivity contribution in [2.45, 2.75) is 57.4 Å². The van der Waals surface area contributed by atoms with E-state index in [9.17, 15) is 14.7 Å². The minimum atomic E-state index is -0.969. The zero-order valence-electron chi connectivity index (χ0n) is 14.5. The Morgan fingerprint density at radius 3 is 2.54 bits per heavy atom. The van der Waals surface area contributed by atoms with Crippen LogP contribution in [0.1, 0.15) is 50.2 Å². The Morgan fingerprint density at radius 2 is 1.96 bits per heavy atom. The zero-order valence-corrected chi connectivity index (χ0v) is 14.5. The summed E-state index contributed by atoms with van der Waals surface area (Å²) in [5.41, 5.74) is 1.32. The van der Waals surface area contributed by atoms with Crippen molar-refractivity contribution < 1.29 is 19.4 Å². The molecule has 0 bridgehead atoms. The van der Waals surface area contributed by atoms with Gasteiger partial charge in [-0.05, 0) is 37.3 Å². The molecule has 2 N–H and O–H groups in total. The van der Waals surface area contributed by atoms with Gasteiger partial charge in [0.1, 0.15) is 6.04 Å². The zero-order chi connectivity index (χ0) is 17.6. The number of nitrogens with one attached hydrogen (secondary N) is 1. The van der Waals surface area contributed by atoms with E-state index in [1.165, 1.54) is 0 Å². The molecular weight excluding hydrogens is 306 g/mol. The van der Waals surface area contributed by atoms with Gasteiger partial charge in [-0.15, -0.1) is 0 Å². The second-order valence-electron chi connectivity index (χ2n) is 6.52. The van der Waals surface area contributed by atoms with Crippen molar-refractivity contribution in [3.63, 3.8) is 0 Å². The number of aryl methyl sites for hydroxylation is 1. The lowest BCUT2D eigenvalue weighted by atomic mass is 9.71. The molecule has 5 heteroatoms. The lowest BCUT2D eigenvalue weighted by Crippen LogP contribution is -2.53. The molecular formula is C19H27NO4. The summed E-state index contributed by atoms with van der Waals surface area (Å²) in [4.78, 5) is 24.6. The molecule has 1 amide bonds. The van der Waals surface area contributed by atoms with Gasteiger partial charge in [0.25, 0.3) is 0 Å². The highest BCUT2D eigenvalue weighted by Gasteiger charge is 2.43. The highest BCUT2D eigenvalue weighted by Crippen LogP contribution is 2.37.